The van der Waals surface area contributed by atoms with E-state index in [9.17, 15) is 9.79 Å². The van der Waals surface area contributed by atoms with Gasteiger partial charge in [-0.2, -0.15) is 0 Å². The Morgan fingerprint density at radius 3 is 1.38 bits per heavy atom. The summed E-state index contributed by atoms with van der Waals surface area (Å²) in [7, 11) is 0. The number of benzene rings is 4. The van der Waals surface area contributed by atoms with Gasteiger partial charge in [-0.3, -0.25) is 0 Å². The first-order chi connectivity index (χ1) is 11.5. The predicted molar refractivity (Wildman–Crippen MR) is 104 cm³/mol. The van der Waals surface area contributed by atoms with E-state index in [4.69, 9.17) is 11.2 Å². The Morgan fingerprint density at radius 1 is 0.542 bits per heavy atom. The van der Waals surface area contributed by atoms with Crippen molar-refractivity contribution in [1.82, 2.24) is 0 Å². The maximum atomic E-state index is 11.4. The monoisotopic (exact) mass is 354 g/mol. The van der Waals surface area contributed by atoms with Crippen molar-refractivity contribution in [1.29, 1.82) is 0 Å². The van der Waals surface area contributed by atoms with Gasteiger partial charge in [0.2, 0.25) is 0 Å². The van der Waals surface area contributed by atoms with E-state index in [0.29, 0.717) is 10.6 Å². The van der Waals surface area contributed by atoms with Crippen molar-refractivity contribution < 1.29 is 9.79 Å². The summed E-state index contributed by atoms with van der Waals surface area (Å²) in [5.41, 5.74) is 0. The Labute approximate surface area is 144 Å². The van der Waals surface area contributed by atoms with Gasteiger partial charge in [0, 0.05) is 0 Å². The molecule has 0 atom stereocenters. The van der Waals surface area contributed by atoms with Crippen molar-refractivity contribution in [3.63, 3.8) is 0 Å². The number of fused-ring (bicyclic) bond motifs is 2. The van der Waals surface area contributed by atoms with E-state index in [-0.39, 0.29) is 0 Å². The maximum absolute atomic E-state index is 11.4. The van der Waals surface area contributed by atoms with Crippen molar-refractivity contribution in [2.45, 2.75) is 0 Å². The molecule has 0 saturated heterocycles. The topological polar surface area (TPSA) is 40.5 Å². The number of hydrogen-bond acceptors (Lipinski definition) is 2. The van der Waals surface area contributed by atoms with E-state index in [1.807, 2.05) is 60.7 Å². The summed E-state index contributed by atoms with van der Waals surface area (Å²) >= 11 is 6.64. The summed E-state index contributed by atoms with van der Waals surface area (Å²) in [4.78, 5) is 22.7. The van der Waals surface area contributed by atoms with E-state index < -0.39 is 6.41 Å². The van der Waals surface area contributed by atoms with Crippen molar-refractivity contribution in [2.24, 2.45) is 0 Å². The van der Waals surface area contributed by atoms with E-state index in [1.54, 1.807) is 24.3 Å². The zero-order valence-corrected chi connectivity index (χ0v) is 14.5. The summed E-state index contributed by atoms with van der Waals surface area (Å²) in [5, 5.41) is 4.10. The fraction of sp³-hybridized carbons (Fsp3) is 0. The zero-order chi connectivity index (χ0) is 16.8. The van der Waals surface area contributed by atoms with Crippen molar-refractivity contribution in [3.8, 4) is 0 Å². The molecular formula is C20H16ClO2P. The van der Waals surface area contributed by atoms with Crippen LogP contribution in [0.1, 0.15) is 0 Å². The van der Waals surface area contributed by atoms with Gasteiger partial charge in [0.15, 0.2) is 0 Å². The van der Waals surface area contributed by atoms with Crippen LogP contribution in [0.3, 0.4) is 0 Å². The van der Waals surface area contributed by atoms with Gasteiger partial charge in [0.05, 0.1) is 0 Å². The number of rotatable bonds is 2. The van der Waals surface area contributed by atoms with Gasteiger partial charge in [-0.05, 0) is 0 Å². The molecule has 4 rings (SSSR count). The molecule has 0 aliphatic carbocycles. The average molecular weight is 355 g/mol. The van der Waals surface area contributed by atoms with Crippen LogP contribution >= 0.6 is 17.7 Å². The SMILES string of the molecule is OP(O)(Cl)(c1cccc2ccccc12)c1cccc2ccccc12. The molecule has 0 heterocycles. The second-order valence-corrected chi connectivity index (χ2v) is 10.6. The number of halogens is 1. The number of hydrogen-bond donors (Lipinski definition) is 2. The third-order valence-electron chi connectivity index (χ3n) is 4.39. The van der Waals surface area contributed by atoms with E-state index in [0.717, 1.165) is 21.5 Å². The summed E-state index contributed by atoms with van der Waals surface area (Å²) in [6.45, 7) is 0. The van der Waals surface area contributed by atoms with Gasteiger partial charge in [0.25, 0.3) is 0 Å². The molecule has 0 fully saturated rings. The molecule has 0 saturated carbocycles. The molecule has 4 aromatic carbocycles. The molecule has 0 radical (unpaired) electrons. The van der Waals surface area contributed by atoms with Gasteiger partial charge < -0.3 is 0 Å². The molecule has 0 spiro atoms. The zero-order valence-electron chi connectivity index (χ0n) is 12.8. The first-order valence-corrected chi connectivity index (χ1v) is 10.7. The van der Waals surface area contributed by atoms with Gasteiger partial charge in [-0.15, -0.1) is 0 Å². The summed E-state index contributed by atoms with van der Waals surface area (Å²) in [6.07, 6.45) is -4.81. The van der Waals surface area contributed by atoms with Gasteiger partial charge in [0.1, 0.15) is 0 Å². The normalized spacial score (nSPS) is 13.7. The van der Waals surface area contributed by atoms with E-state index in [1.165, 1.54) is 0 Å². The van der Waals surface area contributed by atoms with Crippen LogP contribution in [-0.4, -0.2) is 9.79 Å². The van der Waals surface area contributed by atoms with E-state index >= 15 is 0 Å². The van der Waals surface area contributed by atoms with Crippen LogP contribution < -0.4 is 10.6 Å². The average Bonchev–Trinajstić information content (AvgIpc) is 2.60. The molecule has 0 aliphatic heterocycles. The van der Waals surface area contributed by atoms with Crippen LogP contribution in [0.25, 0.3) is 21.5 Å². The van der Waals surface area contributed by atoms with Crippen LogP contribution in [0.2, 0.25) is 0 Å². The summed E-state index contributed by atoms with van der Waals surface area (Å²) in [5.74, 6) is 0. The van der Waals surface area contributed by atoms with Crippen molar-refractivity contribution in [3.05, 3.63) is 84.9 Å². The van der Waals surface area contributed by atoms with Crippen molar-refractivity contribution in [2.75, 3.05) is 0 Å². The Bertz CT molecular complexity index is 973. The summed E-state index contributed by atoms with van der Waals surface area (Å²) in [6, 6.07) is 26.1. The molecule has 2 nitrogen and oxygen atoms in total. The summed E-state index contributed by atoms with van der Waals surface area (Å²) < 4.78 is 0. The molecule has 24 heavy (non-hydrogen) atoms. The third-order valence-corrected chi connectivity index (χ3v) is 7.97. The van der Waals surface area contributed by atoms with Crippen LogP contribution in [0.15, 0.2) is 84.9 Å². The fourth-order valence-electron chi connectivity index (χ4n) is 3.24. The molecule has 4 aromatic rings. The molecule has 0 aliphatic rings. The first kappa shape index (κ1) is 15.6. The second kappa shape index (κ2) is 5.27. The molecule has 0 aromatic heterocycles. The predicted octanol–water partition coefficient (Wildman–Crippen LogP) is 4.47. The fourth-order valence-corrected chi connectivity index (χ4v) is 6.34. The Kier molecular flexibility index (Phi) is 3.42. The van der Waals surface area contributed by atoms with Crippen LogP contribution in [-0.2, 0) is 0 Å². The first-order valence-electron chi connectivity index (χ1n) is 7.66. The molecule has 120 valence electrons. The quantitative estimate of drug-likeness (QED) is 0.522. The third kappa shape index (κ3) is 2.31. The van der Waals surface area contributed by atoms with Crippen molar-refractivity contribution >= 4 is 49.8 Å². The second-order valence-electron chi connectivity index (χ2n) is 5.92. The van der Waals surface area contributed by atoms with Crippen LogP contribution in [0.5, 0.6) is 0 Å². The molecule has 0 amide bonds. The Morgan fingerprint density at radius 2 is 0.917 bits per heavy atom. The van der Waals surface area contributed by atoms with Crippen LogP contribution in [0, 0.1) is 0 Å². The minimum absolute atomic E-state index is 0.372. The molecule has 0 bridgehead atoms. The Balaban J connectivity index is 2.10. The van der Waals surface area contributed by atoms with Gasteiger partial charge >= 0.3 is 145 Å². The molecule has 4 heteroatoms. The minimum atomic E-state index is -4.81. The van der Waals surface area contributed by atoms with Gasteiger partial charge in [-0.25, -0.2) is 0 Å². The molecule has 2 N–H and O–H groups in total. The van der Waals surface area contributed by atoms with Crippen LogP contribution in [0.4, 0.5) is 0 Å². The van der Waals surface area contributed by atoms with E-state index in [2.05, 4.69) is 0 Å². The molecule has 0 unspecified atom stereocenters. The molecular weight excluding hydrogens is 339 g/mol. The van der Waals surface area contributed by atoms with Gasteiger partial charge in [-0.1, -0.05) is 0 Å². The Hall–Kier alpha value is -1.96. The standard InChI is InChI=1S/C20H16ClO2P/c21-24(22,23,19-13-5-9-15-7-1-3-11-17(15)19)20-14-6-10-16-8-2-4-12-18(16)20/h1-14,22-23H.